The Morgan fingerprint density at radius 1 is 1.24 bits per heavy atom. The summed E-state index contributed by atoms with van der Waals surface area (Å²) in [4.78, 5) is 13.6. The van der Waals surface area contributed by atoms with Gasteiger partial charge >= 0.3 is 0 Å². The molecule has 33 heavy (non-hydrogen) atoms. The highest BCUT2D eigenvalue weighted by atomic mass is 35.5. The fourth-order valence-electron chi connectivity index (χ4n) is 3.39. The molecule has 186 valence electrons. The van der Waals surface area contributed by atoms with Gasteiger partial charge in [0.05, 0.1) is 0 Å². The average molecular weight is 501 g/mol. The molecule has 0 aliphatic heterocycles. The van der Waals surface area contributed by atoms with Crippen LogP contribution in [0.25, 0.3) is 0 Å². The first-order chi connectivity index (χ1) is 15.7. The Balaban J connectivity index is 0.00000497. The summed E-state index contributed by atoms with van der Waals surface area (Å²) in [7, 11) is 4.01. The van der Waals surface area contributed by atoms with Crippen molar-refractivity contribution in [2.24, 2.45) is 5.92 Å². The van der Waals surface area contributed by atoms with Crippen LogP contribution in [-0.4, -0.2) is 41.9 Å². The second kappa shape index (κ2) is 17.8. The van der Waals surface area contributed by atoms with Gasteiger partial charge in [-0.2, -0.15) is 0 Å². The molecule has 1 rings (SSSR count). The van der Waals surface area contributed by atoms with E-state index < -0.39 is 0 Å². The zero-order valence-electron chi connectivity index (χ0n) is 20.6. The number of anilines is 1. The number of nitrogens with zero attached hydrogens (tertiary/aromatic N) is 2. The summed E-state index contributed by atoms with van der Waals surface area (Å²) in [6.07, 6.45) is 12.0. The molecular weight excluding hydrogens is 461 g/mol. The molecule has 0 amide bonds. The summed E-state index contributed by atoms with van der Waals surface area (Å²) in [6.45, 7) is 8.71. The quantitative estimate of drug-likeness (QED) is 0.121. The Morgan fingerprint density at radius 3 is 2.45 bits per heavy atom. The van der Waals surface area contributed by atoms with Crippen molar-refractivity contribution >= 4 is 35.2 Å². The second-order valence-electron chi connectivity index (χ2n) is 7.89. The van der Waals surface area contributed by atoms with Gasteiger partial charge in [0.25, 0.3) is 0 Å². The largest absolute Gasteiger partial charge is 0.344 e. The van der Waals surface area contributed by atoms with E-state index in [1.165, 1.54) is 0 Å². The van der Waals surface area contributed by atoms with Gasteiger partial charge in [0.1, 0.15) is 6.29 Å². The fourth-order valence-corrected chi connectivity index (χ4v) is 3.62. The van der Waals surface area contributed by atoms with Crippen molar-refractivity contribution in [3.8, 4) is 0 Å². The van der Waals surface area contributed by atoms with E-state index in [2.05, 4.69) is 24.2 Å². The number of aldehydes is 1. The van der Waals surface area contributed by atoms with E-state index in [0.29, 0.717) is 16.6 Å². The summed E-state index contributed by atoms with van der Waals surface area (Å²) >= 11 is 12.4. The monoisotopic (exact) mass is 499 g/mol. The first kappa shape index (κ1) is 31.3. The van der Waals surface area contributed by atoms with Crippen LogP contribution < -0.4 is 10.3 Å². The first-order valence-corrected chi connectivity index (χ1v) is 11.8. The van der Waals surface area contributed by atoms with Crippen molar-refractivity contribution in [2.45, 2.75) is 59.5 Å². The van der Waals surface area contributed by atoms with E-state index in [4.69, 9.17) is 33.7 Å². The van der Waals surface area contributed by atoms with E-state index >= 15 is 0 Å². The van der Waals surface area contributed by atoms with Gasteiger partial charge in [-0.25, -0.2) is 5.01 Å². The standard InChI is InChI=1S/C25H37Cl2N3O.H2O2/c1-7-9-11-22(18-31)20(4)28-29(5)17-21-13-14-23(27)16-25(21)30(6)24(10-8-2)15-12-19(3)26;1-2/h8,10,12-16,18,20,22,28H,7,9,11,17H2,1-6H3;1-2H/b10-8-,19-12+,24-15+;. The number of hydrazine groups is 1. The van der Waals surface area contributed by atoms with Gasteiger partial charge < -0.3 is 9.69 Å². The molecule has 3 N–H and O–H groups in total. The number of likely N-dealkylation sites (N-methyl/N-ethyl adjacent to an activating group) is 1. The summed E-state index contributed by atoms with van der Waals surface area (Å²) in [5.41, 5.74) is 6.58. The zero-order chi connectivity index (χ0) is 25.4. The summed E-state index contributed by atoms with van der Waals surface area (Å²) in [5, 5.41) is 15.4. The molecule has 0 aromatic heterocycles. The minimum Gasteiger partial charge on any atom is -0.344 e. The molecule has 2 unspecified atom stereocenters. The normalized spacial score (nSPS) is 14.2. The van der Waals surface area contributed by atoms with E-state index in [1.807, 2.05) is 75.5 Å². The lowest BCUT2D eigenvalue weighted by Gasteiger charge is -2.29. The molecule has 0 aliphatic rings. The Morgan fingerprint density at radius 2 is 1.91 bits per heavy atom. The number of hydrogen-bond acceptors (Lipinski definition) is 6. The number of allylic oxidation sites excluding steroid dienone is 5. The van der Waals surface area contributed by atoms with Crippen LogP contribution in [0.2, 0.25) is 5.02 Å². The number of halogens is 2. The van der Waals surface area contributed by atoms with Crippen molar-refractivity contribution < 1.29 is 15.3 Å². The number of unbranched alkanes of at least 4 members (excludes halogenated alkanes) is 1. The van der Waals surface area contributed by atoms with E-state index in [0.717, 1.165) is 42.5 Å². The molecule has 0 saturated carbocycles. The van der Waals surface area contributed by atoms with Crippen molar-refractivity contribution in [1.29, 1.82) is 0 Å². The van der Waals surface area contributed by atoms with Gasteiger partial charge in [0.2, 0.25) is 0 Å². The number of benzene rings is 1. The zero-order valence-corrected chi connectivity index (χ0v) is 22.1. The Kier molecular flexibility index (Phi) is 16.9. The summed E-state index contributed by atoms with van der Waals surface area (Å²) in [5.74, 6) is 0.00423. The number of carbonyl (C=O) groups is 1. The maximum absolute atomic E-state index is 11.5. The average Bonchev–Trinajstić information content (AvgIpc) is 2.79. The molecule has 1 aromatic carbocycles. The highest BCUT2D eigenvalue weighted by molar-refractivity contribution is 6.31. The lowest BCUT2D eigenvalue weighted by molar-refractivity contribution is -0.176. The first-order valence-electron chi connectivity index (χ1n) is 11.0. The molecule has 8 heteroatoms. The molecule has 0 saturated heterocycles. The van der Waals surface area contributed by atoms with Crippen LogP contribution in [0.4, 0.5) is 5.69 Å². The van der Waals surface area contributed by atoms with E-state index in [1.54, 1.807) is 0 Å². The van der Waals surface area contributed by atoms with Crippen LogP contribution >= 0.6 is 23.2 Å². The molecule has 0 bridgehead atoms. The second-order valence-corrected chi connectivity index (χ2v) is 8.93. The molecular formula is C25H39Cl2N3O3. The minimum absolute atomic E-state index is 0.00423. The van der Waals surface area contributed by atoms with Crippen LogP contribution in [-0.2, 0) is 11.3 Å². The molecule has 1 aromatic rings. The van der Waals surface area contributed by atoms with Crippen LogP contribution in [0.3, 0.4) is 0 Å². The van der Waals surface area contributed by atoms with Crippen molar-refractivity contribution in [3.05, 3.63) is 63.8 Å². The Hall–Kier alpha value is -1.67. The van der Waals surface area contributed by atoms with Crippen molar-refractivity contribution in [2.75, 3.05) is 19.0 Å². The number of hydrogen-bond donors (Lipinski definition) is 3. The van der Waals surface area contributed by atoms with Gasteiger partial charge in [0, 0.05) is 54.0 Å². The van der Waals surface area contributed by atoms with E-state index in [-0.39, 0.29) is 12.0 Å². The lowest BCUT2D eigenvalue weighted by atomic mass is 9.97. The Bertz CT molecular complexity index is 793. The van der Waals surface area contributed by atoms with Gasteiger partial charge in [-0.1, -0.05) is 55.1 Å². The summed E-state index contributed by atoms with van der Waals surface area (Å²) < 4.78 is 0. The maximum Gasteiger partial charge on any atom is 0.124 e. The predicted molar refractivity (Wildman–Crippen MR) is 141 cm³/mol. The van der Waals surface area contributed by atoms with Crippen molar-refractivity contribution in [1.82, 2.24) is 10.4 Å². The van der Waals surface area contributed by atoms with Gasteiger partial charge in [-0.05, 0) is 63.1 Å². The van der Waals surface area contributed by atoms with Gasteiger partial charge in [-0.15, -0.1) is 0 Å². The van der Waals surface area contributed by atoms with Gasteiger partial charge in [-0.3, -0.25) is 15.9 Å². The minimum atomic E-state index is 0.00423. The molecule has 6 nitrogen and oxygen atoms in total. The number of carbonyl (C=O) groups excluding carboxylic acids is 1. The lowest BCUT2D eigenvalue weighted by Crippen LogP contribution is -2.44. The van der Waals surface area contributed by atoms with E-state index in [9.17, 15) is 4.79 Å². The Labute approximate surface area is 209 Å². The molecule has 0 spiro atoms. The van der Waals surface area contributed by atoms with Gasteiger partial charge in [0.15, 0.2) is 0 Å². The topological polar surface area (TPSA) is 76.0 Å². The predicted octanol–water partition coefficient (Wildman–Crippen LogP) is 6.73. The van der Waals surface area contributed by atoms with Crippen LogP contribution in [0.15, 0.2) is 53.2 Å². The molecule has 0 heterocycles. The number of rotatable bonds is 13. The SMILES string of the molecule is C\C=C/C(=C\C=C(/C)Cl)N(C)c1cc(Cl)ccc1CN(C)NC(C)C(C=O)CCCC.OO. The van der Waals surface area contributed by atoms with Crippen LogP contribution in [0.1, 0.15) is 52.5 Å². The summed E-state index contributed by atoms with van der Waals surface area (Å²) in [6, 6.07) is 5.99. The van der Waals surface area contributed by atoms with Crippen LogP contribution in [0.5, 0.6) is 0 Å². The van der Waals surface area contributed by atoms with Crippen LogP contribution in [0, 0.1) is 5.92 Å². The number of nitrogens with one attached hydrogen (secondary N) is 1. The third-order valence-electron chi connectivity index (χ3n) is 5.16. The maximum atomic E-state index is 11.5. The van der Waals surface area contributed by atoms with Crippen molar-refractivity contribution in [3.63, 3.8) is 0 Å². The smallest absolute Gasteiger partial charge is 0.124 e. The fraction of sp³-hybridized carbons (Fsp3) is 0.480. The third kappa shape index (κ3) is 11.8. The molecule has 0 aliphatic carbocycles. The highest BCUT2D eigenvalue weighted by Gasteiger charge is 2.18. The molecule has 2 atom stereocenters. The molecule has 0 radical (unpaired) electrons. The molecule has 0 fully saturated rings. The highest BCUT2D eigenvalue weighted by Crippen LogP contribution is 2.28. The third-order valence-corrected chi connectivity index (χ3v) is 5.52.